The fourth-order valence-corrected chi connectivity index (χ4v) is 5.89. The molecule has 4 aliphatic rings. The molecule has 37 heavy (non-hydrogen) atoms. The number of likely N-dealkylation sites (tertiary alicyclic amines) is 1. The number of ether oxygens (including phenoxy) is 2. The molecule has 1 saturated carbocycles. The first-order valence-corrected chi connectivity index (χ1v) is 13.9. The number of nitrogens with zero attached hydrogens (tertiary/aromatic N) is 3. The van der Waals surface area contributed by atoms with E-state index in [0.717, 1.165) is 37.9 Å². The van der Waals surface area contributed by atoms with Gasteiger partial charge >= 0.3 is 0 Å². The number of hydrogen-bond donors (Lipinski definition) is 1. The normalized spacial score (nSPS) is 27.8. The minimum absolute atomic E-state index is 0.00891. The number of nitrogens with one attached hydrogen (secondary N) is 1. The molecule has 0 spiro atoms. The first kappa shape index (κ1) is 26.1. The minimum Gasteiger partial charge on any atom is -0.374 e. The average molecular weight is 513 g/mol. The lowest BCUT2D eigenvalue weighted by atomic mass is 9.96. The van der Waals surface area contributed by atoms with Gasteiger partial charge in [0.2, 0.25) is 5.91 Å². The van der Waals surface area contributed by atoms with Crippen LogP contribution in [0.15, 0.2) is 24.3 Å². The van der Waals surface area contributed by atoms with Crippen molar-refractivity contribution >= 4 is 23.3 Å². The molecular weight excluding hydrogens is 472 g/mol. The Balaban J connectivity index is 1.24. The average Bonchev–Trinajstić information content (AvgIpc) is 3.62. The summed E-state index contributed by atoms with van der Waals surface area (Å²) in [6.07, 6.45) is 2.60. The molecule has 202 valence electrons. The van der Waals surface area contributed by atoms with E-state index in [9.17, 15) is 14.4 Å². The molecule has 9 nitrogen and oxygen atoms in total. The van der Waals surface area contributed by atoms with Crippen molar-refractivity contribution in [2.75, 3.05) is 50.8 Å². The number of benzene rings is 1. The third-order valence-electron chi connectivity index (χ3n) is 8.44. The van der Waals surface area contributed by atoms with Crippen LogP contribution in [0.4, 0.5) is 5.69 Å². The fourth-order valence-electron chi connectivity index (χ4n) is 5.89. The maximum Gasteiger partial charge on any atom is 0.251 e. The Morgan fingerprint density at radius 2 is 1.81 bits per heavy atom. The van der Waals surface area contributed by atoms with Crippen LogP contribution in [-0.4, -0.2) is 104 Å². The van der Waals surface area contributed by atoms with Gasteiger partial charge in [-0.15, -0.1) is 0 Å². The Kier molecular flexibility index (Phi) is 7.83. The largest absolute Gasteiger partial charge is 0.374 e. The van der Waals surface area contributed by atoms with Gasteiger partial charge in [0.15, 0.2) is 5.78 Å². The lowest BCUT2D eigenvalue weighted by Crippen LogP contribution is -2.54. The van der Waals surface area contributed by atoms with E-state index in [1.165, 1.54) is 12.8 Å². The SMILES string of the molecule is CCO[C@H]1CN(C(=O)[C@@H](NC(=O)c2ccc(N3CCN(C4CC4)CC3)cc2)[C@@H](C)CC)[C@@H]2C(=O)CO[C@H]12. The zero-order chi connectivity index (χ0) is 26.1. The maximum atomic E-state index is 13.7. The van der Waals surface area contributed by atoms with Gasteiger partial charge in [-0.25, -0.2) is 0 Å². The highest BCUT2D eigenvalue weighted by molar-refractivity contribution is 5.99. The van der Waals surface area contributed by atoms with E-state index in [4.69, 9.17) is 9.47 Å². The van der Waals surface area contributed by atoms with E-state index < -0.39 is 18.2 Å². The smallest absolute Gasteiger partial charge is 0.251 e. The Hall–Kier alpha value is -2.49. The van der Waals surface area contributed by atoms with Crippen molar-refractivity contribution < 1.29 is 23.9 Å². The van der Waals surface area contributed by atoms with Gasteiger partial charge in [0.25, 0.3) is 5.91 Å². The maximum absolute atomic E-state index is 13.7. The number of rotatable bonds is 9. The highest BCUT2D eigenvalue weighted by Crippen LogP contribution is 2.31. The number of ketones is 1. The topological polar surface area (TPSA) is 91.4 Å². The predicted octanol–water partition coefficient (Wildman–Crippen LogP) is 1.70. The molecule has 0 bridgehead atoms. The van der Waals surface area contributed by atoms with Crippen LogP contribution >= 0.6 is 0 Å². The van der Waals surface area contributed by atoms with E-state index in [0.29, 0.717) is 25.1 Å². The van der Waals surface area contributed by atoms with Crippen LogP contribution in [0.1, 0.15) is 50.4 Å². The fraction of sp³-hybridized carbons (Fsp3) is 0.679. The van der Waals surface area contributed by atoms with Gasteiger partial charge in [0, 0.05) is 50.1 Å². The molecule has 0 radical (unpaired) electrons. The monoisotopic (exact) mass is 512 g/mol. The van der Waals surface area contributed by atoms with Crippen LogP contribution in [0, 0.1) is 5.92 Å². The molecule has 1 aliphatic carbocycles. The van der Waals surface area contributed by atoms with Gasteiger partial charge in [-0.2, -0.15) is 0 Å². The van der Waals surface area contributed by atoms with Crippen LogP contribution < -0.4 is 10.2 Å². The van der Waals surface area contributed by atoms with E-state index >= 15 is 0 Å². The second-order valence-corrected chi connectivity index (χ2v) is 10.8. The number of carbonyl (C=O) groups excluding carboxylic acids is 3. The molecule has 0 aromatic heterocycles. The molecule has 4 fully saturated rings. The summed E-state index contributed by atoms with van der Waals surface area (Å²) in [5.74, 6) is -0.734. The lowest BCUT2D eigenvalue weighted by molar-refractivity contribution is -0.139. The summed E-state index contributed by atoms with van der Waals surface area (Å²) in [5, 5.41) is 2.98. The summed E-state index contributed by atoms with van der Waals surface area (Å²) in [5.41, 5.74) is 1.64. The van der Waals surface area contributed by atoms with Gasteiger partial charge in [-0.3, -0.25) is 19.3 Å². The zero-order valence-electron chi connectivity index (χ0n) is 22.2. The molecule has 3 aliphatic heterocycles. The zero-order valence-corrected chi connectivity index (χ0v) is 22.2. The first-order chi connectivity index (χ1) is 17.9. The Bertz CT molecular complexity index is 989. The van der Waals surface area contributed by atoms with Crippen molar-refractivity contribution in [1.29, 1.82) is 0 Å². The summed E-state index contributed by atoms with van der Waals surface area (Å²) in [6.45, 7) is 10.8. The first-order valence-electron chi connectivity index (χ1n) is 13.9. The molecule has 5 rings (SSSR count). The quantitative estimate of drug-likeness (QED) is 0.539. The second-order valence-electron chi connectivity index (χ2n) is 10.8. The summed E-state index contributed by atoms with van der Waals surface area (Å²) in [6, 6.07) is 7.07. The van der Waals surface area contributed by atoms with E-state index in [1.54, 1.807) is 4.90 Å². The molecular formula is C28H40N4O5. The minimum atomic E-state index is -0.734. The molecule has 2 amide bonds. The van der Waals surface area contributed by atoms with Gasteiger partial charge in [-0.05, 0) is 49.9 Å². The third-order valence-corrected chi connectivity index (χ3v) is 8.44. The Labute approximate surface area is 219 Å². The van der Waals surface area contributed by atoms with Crippen molar-refractivity contribution in [3.05, 3.63) is 29.8 Å². The highest BCUT2D eigenvalue weighted by Gasteiger charge is 2.54. The van der Waals surface area contributed by atoms with Crippen LogP contribution in [0.3, 0.4) is 0 Å². The summed E-state index contributed by atoms with van der Waals surface area (Å²) >= 11 is 0. The second kappa shape index (κ2) is 11.1. The molecule has 0 unspecified atom stereocenters. The highest BCUT2D eigenvalue weighted by atomic mass is 16.6. The van der Waals surface area contributed by atoms with Crippen molar-refractivity contribution in [3.63, 3.8) is 0 Å². The number of carbonyl (C=O) groups is 3. The number of anilines is 1. The summed E-state index contributed by atoms with van der Waals surface area (Å²) in [7, 11) is 0. The van der Waals surface area contributed by atoms with Crippen molar-refractivity contribution in [2.45, 2.75) is 70.4 Å². The number of hydrogen-bond acceptors (Lipinski definition) is 7. The van der Waals surface area contributed by atoms with Gasteiger partial charge in [-0.1, -0.05) is 20.3 Å². The molecule has 1 aromatic carbocycles. The van der Waals surface area contributed by atoms with Gasteiger partial charge < -0.3 is 24.6 Å². The summed E-state index contributed by atoms with van der Waals surface area (Å²) < 4.78 is 11.5. The predicted molar refractivity (Wildman–Crippen MR) is 140 cm³/mol. The Morgan fingerprint density at radius 1 is 1.11 bits per heavy atom. The number of amides is 2. The number of fused-ring (bicyclic) bond motifs is 1. The van der Waals surface area contributed by atoms with Gasteiger partial charge in [0.05, 0.1) is 6.54 Å². The summed E-state index contributed by atoms with van der Waals surface area (Å²) in [4.78, 5) is 46.1. The van der Waals surface area contributed by atoms with Crippen molar-refractivity contribution in [2.24, 2.45) is 5.92 Å². The van der Waals surface area contributed by atoms with E-state index in [1.807, 2.05) is 45.0 Å². The molecule has 9 heteroatoms. The molecule has 1 aromatic rings. The van der Waals surface area contributed by atoms with Crippen molar-refractivity contribution in [3.8, 4) is 0 Å². The number of Topliss-reactive ketones (excluding diaryl/α,β-unsaturated/α-hetero) is 1. The standard InChI is InChI=1S/C28H40N4O5/c1-4-18(3)24(28(35)32-16-23(36-5-2)26-25(32)22(33)17-37-26)29-27(34)19-6-8-20(9-7-19)30-12-14-31(15-13-30)21-10-11-21/h6-9,18,21,23-26H,4-5,10-17H2,1-3H3,(H,29,34)/t18-,23-,24-,25+,26+/m0/s1. The van der Waals surface area contributed by atoms with Crippen molar-refractivity contribution in [1.82, 2.24) is 15.1 Å². The van der Waals surface area contributed by atoms with Crippen LogP contribution in [0.5, 0.6) is 0 Å². The van der Waals surface area contributed by atoms with E-state index in [2.05, 4.69) is 15.1 Å². The molecule has 3 heterocycles. The molecule has 1 N–H and O–H groups in total. The van der Waals surface area contributed by atoms with Crippen LogP contribution in [0.2, 0.25) is 0 Å². The van der Waals surface area contributed by atoms with Gasteiger partial charge in [0.1, 0.15) is 30.9 Å². The lowest BCUT2D eigenvalue weighted by Gasteiger charge is -2.36. The molecule has 5 atom stereocenters. The molecule has 3 saturated heterocycles. The third kappa shape index (κ3) is 5.40. The van der Waals surface area contributed by atoms with E-state index in [-0.39, 0.29) is 36.2 Å². The van der Waals surface area contributed by atoms with Crippen LogP contribution in [0.25, 0.3) is 0 Å². The number of piperazine rings is 1. The van der Waals surface area contributed by atoms with Crippen LogP contribution in [-0.2, 0) is 19.1 Å². The Morgan fingerprint density at radius 3 is 2.43 bits per heavy atom.